The van der Waals surface area contributed by atoms with Crippen LogP contribution < -0.4 is 0 Å². The molecule has 0 radical (unpaired) electrons. The zero-order valence-corrected chi connectivity index (χ0v) is 10.8. The van der Waals surface area contributed by atoms with E-state index in [0.29, 0.717) is 13.1 Å². The SMILES string of the molecule is C=CCOC(=O)N1CC2(CCCC(CC(=O)O)O2)C1. The third-order valence-electron chi connectivity index (χ3n) is 3.52. The van der Waals surface area contributed by atoms with Crippen molar-refractivity contribution < 1.29 is 24.2 Å². The van der Waals surface area contributed by atoms with Crippen molar-refractivity contribution in [3.63, 3.8) is 0 Å². The molecule has 1 unspecified atom stereocenters. The summed E-state index contributed by atoms with van der Waals surface area (Å²) in [5, 5.41) is 8.79. The maximum atomic E-state index is 11.6. The third kappa shape index (κ3) is 3.26. The summed E-state index contributed by atoms with van der Waals surface area (Å²) in [5.74, 6) is -0.844. The maximum absolute atomic E-state index is 11.6. The minimum absolute atomic E-state index is 0.0304. The summed E-state index contributed by atoms with van der Waals surface area (Å²) < 4.78 is 10.8. The van der Waals surface area contributed by atoms with Crippen molar-refractivity contribution >= 4 is 12.1 Å². The van der Waals surface area contributed by atoms with Crippen LogP contribution in [0.2, 0.25) is 0 Å². The Morgan fingerprint density at radius 3 is 2.89 bits per heavy atom. The Bertz CT molecular complexity index is 375. The molecule has 6 heteroatoms. The number of carbonyl (C=O) groups excluding carboxylic acids is 1. The summed E-state index contributed by atoms with van der Waals surface area (Å²) in [6, 6.07) is 0. The fraction of sp³-hybridized carbons (Fsp3) is 0.692. The number of carboxylic acid groups (broad SMARTS) is 1. The number of likely N-dealkylation sites (tertiary alicyclic amines) is 1. The topological polar surface area (TPSA) is 76.1 Å². The number of hydrogen-bond donors (Lipinski definition) is 1. The van der Waals surface area contributed by atoms with E-state index in [2.05, 4.69) is 6.58 Å². The van der Waals surface area contributed by atoms with Crippen LogP contribution in [0, 0.1) is 0 Å². The Kier molecular flexibility index (Phi) is 4.09. The van der Waals surface area contributed by atoms with Crippen molar-refractivity contribution in [2.45, 2.75) is 37.4 Å². The number of amides is 1. The zero-order valence-electron chi connectivity index (χ0n) is 10.8. The first-order chi connectivity index (χ1) is 9.04. The molecule has 2 aliphatic rings. The molecule has 1 N–H and O–H groups in total. The summed E-state index contributed by atoms with van der Waals surface area (Å²) in [7, 11) is 0. The van der Waals surface area contributed by atoms with Gasteiger partial charge in [-0.1, -0.05) is 12.7 Å². The summed E-state index contributed by atoms with van der Waals surface area (Å²) in [6.45, 7) is 4.65. The van der Waals surface area contributed by atoms with Gasteiger partial charge >= 0.3 is 12.1 Å². The molecule has 0 bridgehead atoms. The molecule has 1 atom stereocenters. The monoisotopic (exact) mass is 269 g/mol. The molecule has 0 aromatic carbocycles. The van der Waals surface area contributed by atoms with E-state index in [1.54, 1.807) is 4.90 Å². The predicted octanol–water partition coefficient (Wildman–Crippen LogP) is 1.41. The number of nitrogens with zero attached hydrogens (tertiary/aromatic N) is 1. The van der Waals surface area contributed by atoms with E-state index >= 15 is 0 Å². The lowest BCUT2D eigenvalue weighted by Gasteiger charge is -2.52. The van der Waals surface area contributed by atoms with Crippen LogP contribution in [0.15, 0.2) is 12.7 Å². The fourth-order valence-electron chi connectivity index (χ4n) is 2.69. The lowest BCUT2D eigenvalue weighted by Crippen LogP contribution is -2.66. The van der Waals surface area contributed by atoms with E-state index in [1.807, 2.05) is 0 Å². The van der Waals surface area contributed by atoms with Crippen molar-refractivity contribution in [2.24, 2.45) is 0 Å². The van der Waals surface area contributed by atoms with Gasteiger partial charge in [-0.15, -0.1) is 0 Å². The van der Waals surface area contributed by atoms with Crippen LogP contribution in [-0.4, -0.2) is 53.5 Å². The number of carbonyl (C=O) groups is 2. The van der Waals surface area contributed by atoms with Gasteiger partial charge in [0.2, 0.25) is 0 Å². The lowest BCUT2D eigenvalue weighted by molar-refractivity contribution is -0.194. The summed E-state index contributed by atoms with van der Waals surface area (Å²) >= 11 is 0. The molecule has 0 aliphatic carbocycles. The highest BCUT2D eigenvalue weighted by Crippen LogP contribution is 2.37. The second kappa shape index (κ2) is 5.61. The highest BCUT2D eigenvalue weighted by Gasteiger charge is 2.49. The van der Waals surface area contributed by atoms with Crippen LogP contribution in [0.3, 0.4) is 0 Å². The van der Waals surface area contributed by atoms with E-state index in [1.165, 1.54) is 6.08 Å². The van der Waals surface area contributed by atoms with Crippen molar-refractivity contribution in [1.29, 1.82) is 0 Å². The Morgan fingerprint density at radius 2 is 2.26 bits per heavy atom. The largest absolute Gasteiger partial charge is 0.481 e. The lowest BCUT2D eigenvalue weighted by atomic mass is 9.84. The van der Waals surface area contributed by atoms with E-state index in [0.717, 1.165) is 19.3 Å². The Morgan fingerprint density at radius 1 is 1.53 bits per heavy atom. The minimum atomic E-state index is -0.844. The smallest absolute Gasteiger partial charge is 0.410 e. The second-order valence-corrected chi connectivity index (χ2v) is 5.13. The normalized spacial score (nSPS) is 24.6. The van der Waals surface area contributed by atoms with Crippen molar-refractivity contribution in [3.05, 3.63) is 12.7 Å². The van der Waals surface area contributed by atoms with Gasteiger partial charge in [-0.25, -0.2) is 4.79 Å². The van der Waals surface area contributed by atoms with Crippen LogP contribution in [0.4, 0.5) is 4.79 Å². The van der Waals surface area contributed by atoms with Crippen LogP contribution in [-0.2, 0) is 14.3 Å². The highest BCUT2D eigenvalue weighted by molar-refractivity contribution is 5.69. The summed E-state index contributed by atoms with van der Waals surface area (Å²) in [5.41, 5.74) is -0.356. The van der Waals surface area contributed by atoms with E-state index in [-0.39, 0.29) is 30.8 Å². The third-order valence-corrected chi connectivity index (χ3v) is 3.52. The second-order valence-electron chi connectivity index (χ2n) is 5.13. The Labute approximate surface area is 112 Å². The van der Waals surface area contributed by atoms with Gasteiger partial charge in [-0.3, -0.25) is 4.79 Å². The predicted molar refractivity (Wildman–Crippen MR) is 66.8 cm³/mol. The first-order valence-electron chi connectivity index (χ1n) is 6.47. The zero-order chi connectivity index (χ0) is 13.9. The van der Waals surface area contributed by atoms with Gasteiger partial charge in [0.1, 0.15) is 12.2 Å². The average molecular weight is 269 g/mol. The van der Waals surface area contributed by atoms with Gasteiger partial charge < -0.3 is 19.5 Å². The molecule has 0 saturated carbocycles. The van der Waals surface area contributed by atoms with Crippen molar-refractivity contribution in [1.82, 2.24) is 4.90 Å². The number of ether oxygens (including phenoxy) is 2. The van der Waals surface area contributed by atoms with Crippen molar-refractivity contribution in [3.8, 4) is 0 Å². The van der Waals surface area contributed by atoms with E-state index in [4.69, 9.17) is 14.6 Å². The number of carboxylic acids is 1. The van der Waals surface area contributed by atoms with Gasteiger partial charge in [0, 0.05) is 0 Å². The molecule has 2 fully saturated rings. The van der Waals surface area contributed by atoms with Gasteiger partial charge in [-0.05, 0) is 19.3 Å². The first-order valence-corrected chi connectivity index (χ1v) is 6.47. The van der Waals surface area contributed by atoms with E-state index < -0.39 is 5.97 Å². The van der Waals surface area contributed by atoms with Gasteiger partial charge in [0.25, 0.3) is 0 Å². The van der Waals surface area contributed by atoms with Crippen LogP contribution >= 0.6 is 0 Å². The number of rotatable bonds is 4. The van der Waals surface area contributed by atoms with Crippen LogP contribution in [0.25, 0.3) is 0 Å². The highest BCUT2D eigenvalue weighted by atomic mass is 16.6. The first kappa shape index (κ1) is 13.9. The molecule has 6 nitrogen and oxygen atoms in total. The summed E-state index contributed by atoms with van der Waals surface area (Å²) in [4.78, 5) is 23.9. The molecule has 19 heavy (non-hydrogen) atoms. The molecule has 2 saturated heterocycles. The fourth-order valence-corrected chi connectivity index (χ4v) is 2.69. The van der Waals surface area contributed by atoms with Crippen LogP contribution in [0.5, 0.6) is 0 Å². The number of hydrogen-bond acceptors (Lipinski definition) is 4. The molecule has 106 valence electrons. The molecular formula is C13H19NO5. The molecule has 1 spiro atoms. The summed E-state index contributed by atoms with van der Waals surface area (Å²) in [6.07, 6.45) is 3.53. The van der Waals surface area contributed by atoms with E-state index in [9.17, 15) is 9.59 Å². The quantitative estimate of drug-likeness (QED) is 0.781. The minimum Gasteiger partial charge on any atom is -0.481 e. The molecule has 2 rings (SSSR count). The Hall–Kier alpha value is -1.56. The average Bonchev–Trinajstić information content (AvgIpc) is 2.32. The Balaban J connectivity index is 1.81. The standard InChI is InChI=1S/C13H19NO5/c1-2-6-18-12(17)14-8-13(9-14)5-3-4-10(19-13)7-11(15)16/h2,10H,1,3-9H2,(H,15,16). The molecule has 0 aromatic heterocycles. The van der Waals surface area contributed by atoms with Gasteiger partial charge in [-0.2, -0.15) is 0 Å². The molecule has 2 aliphatic heterocycles. The maximum Gasteiger partial charge on any atom is 0.410 e. The van der Waals surface area contributed by atoms with Gasteiger partial charge in [0.15, 0.2) is 0 Å². The van der Waals surface area contributed by atoms with Crippen molar-refractivity contribution in [2.75, 3.05) is 19.7 Å². The van der Waals surface area contributed by atoms with Crippen LogP contribution in [0.1, 0.15) is 25.7 Å². The molecule has 1 amide bonds. The molecular weight excluding hydrogens is 250 g/mol. The van der Waals surface area contributed by atoms with Gasteiger partial charge in [0.05, 0.1) is 25.6 Å². The number of aliphatic carboxylic acids is 1. The molecule has 2 heterocycles. The molecule has 0 aromatic rings.